The number of esters is 1. The fourth-order valence-corrected chi connectivity index (χ4v) is 1.71. The van der Waals surface area contributed by atoms with E-state index in [2.05, 4.69) is 30.9 Å². The van der Waals surface area contributed by atoms with Crippen LogP contribution in [0.1, 0.15) is 19.8 Å². The topological polar surface area (TPSA) is 131 Å². The molecule has 108 valence electrons. The number of carbonyl (C=O) groups is 1. The van der Waals surface area contributed by atoms with Crippen molar-refractivity contribution in [2.24, 2.45) is 5.84 Å². The van der Waals surface area contributed by atoms with E-state index in [1.165, 1.54) is 0 Å². The molecule has 0 aromatic carbocycles. The first kappa shape index (κ1) is 14.0. The minimum atomic E-state index is -0.199. The first-order valence-corrected chi connectivity index (χ1v) is 6.31. The van der Waals surface area contributed by atoms with Crippen molar-refractivity contribution in [3.8, 4) is 0 Å². The van der Waals surface area contributed by atoms with Crippen LogP contribution in [-0.4, -0.2) is 39.3 Å². The summed E-state index contributed by atoms with van der Waals surface area (Å²) in [5.41, 5.74) is 2.97. The third-order valence-electron chi connectivity index (χ3n) is 2.59. The van der Waals surface area contributed by atoms with E-state index in [0.717, 1.165) is 5.39 Å². The van der Waals surface area contributed by atoms with E-state index < -0.39 is 0 Å². The van der Waals surface area contributed by atoms with Gasteiger partial charge >= 0.3 is 5.97 Å². The zero-order valence-electron chi connectivity index (χ0n) is 11.1. The minimum absolute atomic E-state index is 0.199. The van der Waals surface area contributed by atoms with Crippen LogP contribution < -0.4 is 16.6 Å². The summed E-state index contributed by atoms with van der Waals surface area (Å²) in [6, 6.07) is 0. The van der Waals surface area contributed by atoms with Gasteiger partial charge in [-0.1, -0.05) is 0 Å². The molecule has 2 aromatic heterocycles. The predicted molar refractivity (Wildman–Crippen MR) is 73.9 cm³/mol. The lowest BCUT2D eigenvalue weighted by Gasteiger charge is -2.07. The van der Waals surface area contributed by atoms with E-state index in [4.69, 9.17) is 10.6 Å². The number of nitrogens with one attached hydrogen (secondary N) is 3. The van der Waals surface area contributed by atoms with Gasteiger partial charge in [0.15, 0.2) is 5.65 Å². The Bertz CT molecular complexity index is 583. The molecule has 0 unspecified atom stereocenters. The van der Waals surface area contributed by atoms with Gasteiger partial charge in [0, 0.05) is 13.0 Å². The Hall–Kier alpha value is -2.42. The number of anilines is 2. The van der Waals surface area contributed by atoms with Gasteiger partial charge in [0.25, 0.3) is 0 Å². The number of hydrogen-bond acceptors (Lipinski definition) is 8. The number of aromatic amines is 1. The molecule has 0 aliphatic heterocycles. The molecule has 5 N–H and O–H groups in total. The quantitative estimate of drug-likeness (QED) is 0.248. The molecule has 0 radical (unpaired) electrons. The molecule has 0 spiro atoms. The Morgan fingerprint density at radius 3 is 3.10 bits per heavy atom. The highest BCUT2D eigenvalue weighted by Crippen LogP contribution is 2.19. The molecule has 0 atom stereocenters. The van der Waals surface area contributed by atoms with Gasteiger partial charge in [-0.05, 0) is 13.3 Å². The van der Waals surface area contributed by atoms with Crippen LogP contribution in [0, 0.1) is 0 Å². The van der Waals surface area contributed by atoms with Gasteiger partial charge in [0.2, 0.25) is 5.95 Å². The number of hydrogen-bond donors (Lipinski definition) is 4. The van der Waals surface area contributed by atoms with E-state index >= 15 is 0 Å². The van der Waals surface area contributed by atoms with Crippen LogP contribution in [0.4, 0.5) is 11.8 Å². The summed E-state index contributed by atoms with van der Waals surface area (Å²) in [5.74, 6) is 6.01. The van der Waals surface area contributed by atoms with Crippen LogP contribution in [0.2, 0.25) is 0 Å². The summed E-state index contributed by atoms with van der Waals surface area (Å²) >= 11 is 0. The maximum Gasteiger partial charge on any atom is 0.305 e. The molecule has 9 nitrogen and oxygen atoms in total. The Balaban J connectivity index is 1.95. The van der Waals surface area contributed by atoms with Gasteiger partial charge in [-0.2, -0.15) is 15.1 Å². The lowest BCUT2D eigenvalue weighted by molar-refractivity contribution is -0.143. The van der Waals surface area contributed by atoms with Gasteiger partial charge in [-0.3, -0.25) is 15.3 Å². The van der Waals surface area contributed by atoms with Gasteiger partial charge in [-0.15, -0.1) is 0 Å². The fraction of sp³-hybridized carbons (Fsp3) is 0.455. The van der Waals surface area contributed by atoms with Crippen molar-refractivity contribution in [3.63, 3.8) is 0 Å². The number of aromatic nitrogens is 4. The van der Waals surface area contributed by atoms with E-state index in [1.807, 2.05) is 0 Å². The molecule has 20 heavy (non-hydrogen) atoms. The smallest absolute Gasteiger partial charge is 0.305 e. The molecule has 2 rings (SSSR count). The number of nitrogens with two attached hydrogens (primary N) is 1. The molecular formula is C11H17N7O2. The molecule has 0 saturated heterocycles. The van der Waals surface area contributed by atoms with Crippen LogP contribution in [0.3, 0.4) is 0 Å². The van der Waals surface area contributed by atoms with E-state index in [1.54, 1.807) is 13.1 Å². The summed E-state index contributed by atoms with van der Waals surface area (Å²) in [6.07, 6.45) is 2.64. The highest BCUT2D eigenvalue weighted by molar-refractivity contribution is 5.86. The van der Waals surface area contributed by atoms with Crippen LogP contribution in [-0.2, 0) is 9.53 Å². The number of H-pyrrole nitrogens is 1. The van der Waals surface area contributed by atoms with Gasteiger partial charge in [0.05, 0.1) is 18.2 Å². The molecule has 0 aliphatic rings. The first-order chi connectivity index (χ1) is 9.74. The third kappa shape index (κ3) is 3.32. The van der Waals surface area contributed by atoms with Crippen molar-refractivity contribution >= 4 is 28.8 Å². The largest absolute Gasteiger partial charge is 0.466 e. The second-order valence-corrected chi connectivity index (χ2v) is 4.01. The highest BCUT2D eigenvalue weighted by Gasteiger charge is 2.09. The molecule has 0 aliphatic carbocycles. The second-order valence-electron chi connectivity index (χ2n) is 4.01. The molecule has 2 heterocycles. The number of rotatable bonds is 7. The molecule has 0 fully saturated rings. The SMILES string of the molecule is CCOC(=O)CCCNc1nc(NN)nc2[nH]ncc12. The lowest BCUT2D eigenvalue weighted by Crippen LogP contribution is -2.13. The van der Waals surface area contributed by atoms with Crippen LogP contribution in [0.5, 0.6) is 0 Å². The monoisotopic (exact) mass is 279 g/mol. The van der Waals surface area contributed by atoms with Crippen molar-refractivity contribution in [1.29, 1.82) is 0 Å². The van der Waals surface area contributed by atoms with Crippen LogP contribution in [0.15, 0.2) is 6.20 Å². The van der Waals surface area contributed by atoms with Gasteiger partial charge in [-0.25, -0.2) is 5.84 Å². The molecule has 9 heteroatoms. The number of hydrazine groups is 1. The lowest BCUT2D eigenvalue weighted by atomic mass is 10.3. The molecule has 0 bridgehead atoms. The molecule has 0 amide bonds. The van der Waals surface area contributed by atoms with Gasteiger partial charge < -0.3 is 10.1 Å². The number of ether oxygens (including phenoxy) is 1. The summed E-state index contributed by atoms with van der Waals surface area (Å²) in [4.78, 5) is 19.5. The number of nitrogens with zero attached hydrogens (tertiary/aromatic N) is 3. The zero-order valence-corrected chi connectivity index (χ0v) is 11.1. The van der Waals surface area contributed by atoms with E-state index in [0.29, 0.717) is 37.5 Å². The number of fused-ring (bicyclic) bond motifs is 1. The molecular weight excluding hydrogens is 262 g/mol. The number of carbonyl (C=O) groups excluding carboxylic acids is 1. The average Bonchev–Trinajstić information content (AvgIpc) is 2.91. The summed E-state index contributed by atoms with van der Waals surface area (Å²) in [5, 5.41) is 10.6. The van der Waals surface area contributed by atoms with Crippen LogP contribution >= 0.6 is 0 Å². The Kier molecular flexibility index (Phi) is 4.66. The van der Waals surface area contributed by atoms with Crippen molar-refractivity contribution in [1.82, 2.24) is 20.2 Å². The van der Waals surface area contributed by atoms with Crippen LogP contribution in [0.25, 0.3) is 11.0 Å². The molecule has 2 aromatic rings. The summed E-state index contributed by atoms with van der Waals surface area (Å²) in [7, 11) is 0. The van der Waals surface area contributed by atoms with Crippen molar-refractivity contribution in [2.75, 3.05) is 23.9 Å². The predicted octanol–water partition coefficient (Wildman–Crippen LogP) is 0.394. The summed E-state index contributed by atoms with van der Waals surface area (Å²) in [6.45, 7) is 2.77. The van der Waals surface area contributed by atoms with Crippen molar-refractivity contribution in [3.05, 3.63) is 6.20 Å². The summed E-state index contributed by atoms with van der Waals surface area (Å²) < 4.78 is 4.85. The van der Waals surface area contributed by atoms with E-state index in [9.17, 15) is 4.79 Å². The zero-order chi connectivity index (χ0) is 14.4. The molecule has 0 saturated carbocycles. The highest BCUT2D eigenvalue weighted by atomic mass is 16.5. The maximum absolute atomic E-state index is 11.2. The first-order valence-electron chi connectivity index (χ1n) is 6.31. The van der Waals surface area contributed by atoms with Gasteiger partial charge in [0.1, 0.15) is 5.82 Å². The normalized spacial score (nSPS) is 10.5. The standard InChI is InChI=1S/C11H17N7O2/c1-2-20-8(19)4-3-5-13-9-7-6-14-18-10(7)16-11(15-9)17-12/h6H,2-5,12H2,1H3,(H3,13,14,15,16,17,18). The van der Waals surface area contributed by atoms with Crippen molar-refractivity contribution < 1.29 is 9.53 Å². The Morgan fingerprint density at radius 2 is 2.35 bits per heavy atom. The minimum Gasteiger partial charge on any atom is -0.466 e. The third-order valence-corrected chi connectivity index (χ3v) is 2.59. The second kappa shape index (κ2) is 6.66. The average molecular weight is 279 g/mol. The Morgan fingerprint density at radius 1 is 1.50 bits per heavy atom. The van der Waals surface area contributed by atoms with Crippen molar-refractivity contribution in [2.45, 2.75) is 19.8 Å². The Labute approximate surface area is 115 Å². The van der Waals surface area contributed by atoms with E-state index in [-0.39, 0.29) is 11.9 Å². The maximum atomic E-state index is 11.2. The number of nitrogen functional groups attached to an aromatic ring is 1. The fourth-order valence-electron chi connectivity index (χ4n) is 1.71.